The summed E-state index contributed by atoms with van der Waals surface area (Å²) in [7, 11) is 0. The largest absolute Gasteiger partial charge is 0.322 e. The second-order valence-electron chi connectivity index (χ2n) is 7.11. The van der Waals surface area contributed by atoms with Gasteiger partial charge in [0.2, 0.25) is 0 Å². The molecule has 0 aliphatic rings. The topological polar surface area (TPSA) is 26.9 Å². The maximum Gasteiger partial charge on any atom is 0.163 e. The van der Waals surface area contributed by atoms with Crippen molar-refractivity contribution < 1.29 is 4.79 Å². The van der Waals surface area contributed by atoms with Crippen LogP contribution < -0.4 is 0 Å². The van der Waals surface area contributed by atoms with Crippen molar-refractivity contribution in [3.8, 4) is 11.4 Å². The summed E-state index contributed by atoms with van der Waals surface area (Å²) in [4.78, 5) is 12.6. The SMILES string of the molecule is Cc1cc(CCC(=O)c2ccccc2)n(-c2ccccc2-n2cccc2)c1C. The molecule has 0 fully saturated rings. The van der Waals surface area contributed by atoms with E-state index in [2.05, 4.69) is 65.7 Å². The summed E-state index contributed by atoms with van der Waals surface area (Å²) in [6, 6.07) is 24.2. The van der Waals surface area contributed by atoms with Crippen LogP contribution in [0.2, 0.25) is 0 Å². The molecule has 0 spiro atoms. The molecule has 0 bridgehead atoms. The van der Waals surface area contributed by atoms with E-state index in [0.29, 0.717) is 12.8 Å². The molecule has 0 N–H and O–H groups in total. The third-order valence-corrected chi connectivity index (χ3v) is 5.29. The van der Waals surface area contributed by atoms with Crippen LogP contribution in [-0.4, -0.2) is 14.9 Å². The molecule has 2 aromatic carbocycles. The van der Waals surface area contributed by atoms with E-state index in [1.165, 1.54) is 17.0 Å². The molecule has 0 amide bonds. The first kappa shape index (κ1) is 18.1. The van der Waals surface area contributed by atoms with Gasteiger partial charge in [-0.15, -0.1) is 0 Å². The van der Waals surface area contributed by atoms with E-state index in [1.807, 2.05) is 42.5 Å². The first-order valence-electron chi connectivity index (χ1n) is 9.64. The highest BCUT2D eigenvalue weighted by atomic mass is 16.1. The fourth-order valence-corrected chi connectivity index (χ4v) is 3.71. The first-order valence-corrected chi connectivity index (χ1v) is 9.64. The predicted octanol–water partition coefficient (Wildman–Crippen LogP) is 5.70. The highest BCUT2D eigenvalue weighted by Crippen LogP contribution is 2.27. The lowest BCUT2D eigenvalue weighted by molar-refractivity contribution is 0.0982. The van der Waals surface area contributed by atoms with Gasteiger partial charge < -0.3 is 9.13 Å². The Kier molecular flexibility index (Phi) is 4.98. The normalized spacial score (nSPS) is 10.9. The average molecular weight is 368 g/mol. The summed E-state index contributed by atoms with van der Waals surface area (Å²) >= 11 is 0. The van der Waals surface area contributed by atoms with Crippen LogP contribution in [0.1, 0.15) is 33.7 Å². The fourth-order valence-electron chi connectivity index (χ4n) is 3.71. The summed E-state index contributed by atoms with van der Waals surface area (Å²) in [5.41, 5.74) is 6.65. The average Bonchev–Trinajstić information content (AvgIpc) is 3.36. The van der Waals surface area contributed by atoms with E-state index in [0.717, 1.165) is 16.9 Å². The Morgan fingerprint density at radius 1 is 0.821 bits per heavy atom. The third-order valence-electron chi connectivity index (χ3n) is 5.29. The number of rotatable bonds is 6. The summed E-state index contributed by atoms with van der Waals surface area (Å²) in [5.74, 6) is 0.183. The number of benzene rings is 2. The monoisotopic (exact) mass is 368 g/mol. The molecule has 0 saturated carbocycles. The molecule has 140 valence electrons. The zero-order valence-electron chi connectivity index (χ0n) is 16.3. The Hall–Kier alpha value is -3.33. The van der Waals surface area contributed by atoms with E-state index >= 15 is 0 Å². The summed E-state index contributed by atoms with van der Waals surface area (Å²) in [5, 5.41) is 0. The second-order valence-corrected chi connectivity index (χ2v) is 7.11. The lowest BCUT2D eigenvalue weighted by Gasteiger charge is -2.17. The number of hydrogen-bond acceptors (Lipinski definition) is 1. The molecule has 0 unspecified atom stereocenters. The number of para-hydroxylation sites is 2. The van der Waals surface area contributed by atoms with Crippen LogP contribution in [0.4, 0.5) is 0 Å². The molecule has 28 heavy (non-hydrogen) atoms. The molecular weight excluding hydrogens is 344 g/mol. The van der Waals surface area contributed by atoms with Crippen molar-refractivity contribution in [3.63, 3.8) is 0 Å². The van der Waals surface area contributed by atoms with Crippen LogP contribution in [-0.2, 0) is 6.42 Å². The third kappa shape index (κ3) is 3.44. The molecule has 3 nitrogen and oxygen atoms in total. The zero-order valence-corrected chi connectivity index (χ0v) is 16.3. The van der Waals surface area contributed by atoms with Gasteiger partial charge in [0.05, 0.1) is 11.4 Å². The number of aryl methyl sites for hydroxylation is 2. The molecule has 0 aliphatic carbocycles. The number of hydrogen-bond donors (Lipinski definition) is 0. The van der Waals surface area contributed by atoms with Crippen LogP contribution in [0.25, 0.3) is 11.4 Å². The van der Waals surface area contributed by atoms with Gasteiger partial charge in [0.15, 0.2) is 5.78 Å². The Labute approximate surface area is 165 Å². The van der Waals surface area contributed by atoms with Crippen molar-refractivity contribution in [2.45, 2.75) is 26.7 Å². The molecule has 0 radical (unpaired) electrons. The van der Waals surface area contributed by atoms with Crippen molar-refractivity contribution >= 4 is 5.78 Å². The number of aromatic nitrogens is 2. The van der Waals surface area contributed by atoms with Crippen molar-refractivity contribution in [2.24, 2.45) is 0 Å². The van der Waals surface area contributed by atoms with Gasteiger partial charge >= 0.3 is 0 Å². The van der Waals surface area contributed by atoms with Crippen molar-refractivity contribution in [1.29, 1.82) is 0 Å². The minimum atomic E-state index is 0.183. The standard InChI is InChI=1S/C25H24N2O/c1-19-18-22(14-15-25(28)21-10-4-3-5-11-21)27(20(19)2)24-13-7-6-12-23(24)26-16-8-9-17-26/h3-13,16-18H,14-15H2,1-2H3. The molecule has 3 heteroatoms. The van der Waals surface area contributed by atoms with Gasteiger partial charge in [-0.05, 0) is 56.2 Å². The van der Waals surface area contributed by atoms with Crippen LogP contribution >= 0.6 is 0 Å². The van der Waals surface area contributed by atoms with Crippen molar-refractivity contribution in [1.82, 2.24) is 9.13 Å². The molecule has 0 atom stereocenters. The summed E-state index contributed by atoms with van der Waals surface area (Å²) in [6.07, 6.45) is 5.33. The van der Waals surface area contributed by atoms with Gasteiger partial charge in [0.1, 0.15) is 0 Å². The smallest absolute Gasteiger partial charge is 0.163 e. The van der Waals surface area contributed by atoms with Gasteiger partial charge in [-0.3, -0.25) is 4.79 Å². The highest BCUT2D eigenvalue weighted by Gasteiger charge is 2.16. The Morgan fingerprint density at radius 3 is 2.18 bits per heavy atom. The van der Waals surface area contributed by atoms with Crippen molar-refractivity contribution in [2.75, 3.05) is 0 Å². The van der Waals surface area contributed by atoms with Gasteiger partial charge in [-0.25, -0.2) is 0 Å². The predicted molar refractivity (Wildman–Crippen MR) is 114 cm³/mol. The van der Waals surface area contributed by atoms with E-state index in [9.17, 15) is 4.79 Å². The minimum Gasteiger partial charge on any atom is -0.322 e. The molecule has 0 saturated heterocycles. The molecular formula is C25H24N2O. The summed E-state index contributed by atoms with van der Waals surface area (Å²) in [6.45, 7) is 4.27. The summed E-state index contributed by atoms with van der Waals surface area (Å²) < 4.78 is 4.42. The van der Waals surface area contributed by atoms with E-state index in [4.69, 9.17) is 0 Å². The van der Waals surface area contributed by atoms with Gasteiger partial charge in [0, 0.05) is 35.8 Å². The van der Waals surface area contributed by atoms with Gasteiger partial charge in [0.25, 0.3) is 0 Å². The quantitative estimate of drug-likeness (QED) is 0.401. The Bertz CT molecular complexity index is 1090. The second kappa shape index (κ2) is 7.73. The highest BCUT2D eigenvalue weighted by molar-refractivity contribution is 5.96. The van der Waals surface area contributed by atoms with Crippen LogP contribution in [0.5, 0.6) is 0 Å². The molecule has 0 aliphatic heterocycles. The van der Waals surface area contributed by atoms with Gasteiger partial charge in [-0.1, -0.05) is 42.5 Å². The number of Topliss-reactive ketones (excluding diaryl/α,β-unsaturated/α-hetero) is 1. The lowest BCUT2D eigenvalue weighted by Crippen LogP contribution is -2.09. The maximum atomic E-state index is 12.6. The van der Waals surface area contributed by atoms with Crippen LogP contribution in [0.3, 0.4) is 0 Å². The molecule has 4 aromatic rings. The van der Waals surface area contributed by atoms with E-state index < -0.39 is 0 Å². The van der Waals surface area contributed by atoms with E-state index in [-0.39, 0.29) is 5.78 Å². The van der Waals surface area contributed by atoms with Crippen molar-refractivity contribution in [3.05, 3.63) is 108 Å². The zero-order chi connectivity index (χ0) is 19.5. The first-order chi connectivity index (χ1) is 13.6. The maximum absolute atomic E-state index is 12.6. The van der Waals surface area contributed by atoms with E-state index in [1.54, 1.807) is 0 Å². The fraction of sp³-hybridized carbons (Fsp3) is 0.160. The lowest BCUT2D eigenvalue weighted by atomic mass is 10.1. The molecule has 2 heterocycles. The number of carbonyl (C=O) groups is 1. The molecule has 2 aromatic heterocycles. The molecule has 4 rings (SSSR count). The minimum absolute atomic E-state index is 0.183. The van der Waals surface area contributed by atoms with Crippen LogP contribution in [0.15, 0.2) is 85.2 Å². The van der Waals surface area contributed by atoms with Crippen LogP contribution in [0, 0.1) is 13.8 Å². The Morgan fingerprint density at radius 2 is 1.46 bits per heavy atom. The van der Waals surface area contributed by atoms with Gasteiger partial charge in [-0.2, -0.15) is 0 Å². The number of carbonyl (C=O) groups excluding carboxylic acids is 1. The number of ketones is 1. The number of nitrogens with zero attached hydrogens (tertiary/aromatic N) is 2. The Balaban J connectivity index is 1.69.